The minimum atomic E-state index is -0.205. The van der Waals surface area contributed by atoms with E-state index in [1.807, 2.05) is 36.5 Å². The molecule has 0 radical (unpaired) electrons. The maximum atomic E-state index is 13.1. The molecule has 0 N–H and O–H groups in total. The van der Waals surface area contributed by atoms with Crippen molar-refractivity contribution in [1.29, 1.82) is 0 Å². The Morgan fingerprint density at radius 1 is 1.10 bits per heavy atom. The Kier molecular flexibility index (Phi) is 3.49. The smallest absolute Gasteiger partial charge is 0.123 e. The lowest BCUT2D eigenvalue weighted by molar-refractivity contribution is 0.580. The summed E-state index contributed by atoms with van der Waals surface area (Å²) in [6, 6.07) is 14.8. The first-order chi connectivity index (χ1) is 9.70. The van der Waals surface area contributed by atoms with Gasteiger partial charge >= 0.3 is 0 Å². The Morgan fingerprint density at radius 3 is 2.55 bits per heavy atom. The molecule has 0 saturated carbocycles. The van der Waals surface area contributed by atoms with Crippen LogP contribution in [0.1, 0.15) is 24.9 Å². The minimum Gasteiger partial charge on any atom is -0.340 e. The first-order valence-electron chi connectivity index (χ1n) is 6.71. The highest BCUT2D eigenvalue weighted by Gasteiger charge is 2.14. The van der Waals surface area contributed by atoms with Gasteiger partial charge in [-0.3, -0.25) is 0 Å². The van der Waals surface area contributed by atoms with Crippen LogP contribution in [0, 0.1) is 5.82 Å². The summed E-state index contributed by atoms with van der Waals surface area (Å²) in [5, 5.41) is 1.81. The van der Waals surface area contributed by atoms with Gasteiger partial charge in [0.05, 0.1) is 11.6 Å². The first kappa shape index (κ1) is 13.2. The second-order valence-electron chi connectivity index (χ2n) is 4.87. The molecule has 3 aromatic rings. The second-order valence-corrected chi connectivity index (χ2v) is 5.28. The molecule has 3 rings (SSSR count). The Labute approximate surface area is 122 Å². The predicted octanol–water partition coefficient (Wildman–Crippen LogP) is 5.43. The molecule has 1 nitrogen and oxygen atoms in total. The van der Waals surface area contributed by atoms with Crippen molar-refractivity contribution >= 4 is 22.5 Å². The Balaban J connectivity index is 2.12. The fourth-order valence-electron chi connectivity index (χ4n) is 2.70. The number of hydrogen-bond acceptors (Lipinski definition) is 0. The van der Waals surface area contributed by atoms with E-state index in [0.717, 1.165) is 27.9 Å². The molecule has 0 aliphatic carbocycles. The number of rotatable bonds is 3. The van der Waals surface area contributed by atoms with Gasteiger partial charge in [0.1, 0.15) is 5.82 Å². The van der Waals surface area contributed by atoms with E-state index in [1.54, 1.807) is 0 Å². The molecule has 1 aromatic heterocycles. The van der Waals surface area contributed by atoms with Gasteiger partial charge in [-0.15, -0.1) is 0 Å². The van der Waals surface area contributed by atoms with Gasteiger partial charge in [0, 0.05) is 16.6 Å². The lowest BCUT2D eigenvalue weighted by Crippen LogP contribution is -2.08. The molecule has 0 amide bonds. The fourth-order valence-corrected chi connectivity index (χ4v) is 2.93. The maximum Gasteiger partial charge on any atom is 0.123 e. The van der Waals surface area contributed by atoms with Crippen LogP contribution in [0.3, 0.4) is 0 Å². The van der Waals surface area contributed by atoms with Crippen molar-refractivity contribution in [2.24, 2.45) is 0 Å². The van der Waals surface area contributed by atoms with Crippen molar-refractivity contribution in [3.8, 4) is 0 Å². The summed E-state index contributed by atoms with van der Waals surface area (Å²) < 4.78 is 15.3. The van der Waals surface area contributed by atoms with Gasteiger partial charge in [-0.1, -0.05) is 36.7 Å². The lowest BCUT2D eigenvalue weighted by Gasteiger charge is -2.19. The van der Waals surface area contributed by atoms with E-state index in [2.05, 4.69) is 17.6 Å². The van der Waals surface area contributed by atoms with Gasteiger partial charge in [0.2, 0.25) is 0 Å². The van der Waals surface area contributed by atoms with Crippen molar-refractivity contribution in [1.82, 2.24) is 4.57 Å². The molecular weight excluding hydrogens is 273 g/mol. The van der Waals surface area contributed by atoms with Crippen LogP contribution in [0.25, 0.3) is 10.9 Å². The van der Waals surface area contributed by atoms with Gasteiger partial charge < -0.3 is 4.57 Å². The van der Waals surface area contributed by atoms with Crippen LogP contribution in [0.5, 0.6) is 0 Å². The van der Waals surface area contributed by atoms with Gasteiger partial charge in [-0.05, 0) is 42.3 Å². The SMILES string of the molecule is CCC(c1ccc(F)cc1)n1ccc2c(Cl)cccc21. The van der Waals surface area contributed by atoms with Crippen LogP contribution in [0.2, 0.25) is 5.02 Å². The summed E-state index contributed by atoms with van der Waals surface area (Å²) in [7, 11) is 0. The van der Waals surface area contributed by atoms with Crippen molar-refractivity contribution in [2.75, 3.05) is 0 Å². The van der Waals surface area contributed by atoms with Crippen LogP contribution in [0.15, 0.2) is 54.7 Å². The van der Waals surface area contributed by atoms with Crippen LogP contribution in [-0.2, 0) is 0 Å². The summed E-state index contributed by atoms with van der Waals surface area (Å²) in [5.74, 6) is -0.205. The number of benzene rings is 2. The van der Waals surface area contributed by atoms with E-state index < -0.39 is 0 Å². The van der Waals surface area contributed by atoms with E-state index in [1.165, 1.54) is 12.1 Å². The van der Waals surface area contributed by atoms with Crippen molar-refractivity contribution in [3.05, 3.63) is 71.1 Å². The third-order valence-electron chi connectivity index (χ3n) is 3.69. The van der Waals surface area contributed by atoms with Gasteiger partial charge in [-0.2, -0.15) is 0 Å². The monoisotopic (exact) mass is 287 g/mol. The molecule has 0 saturated heterocycles. The van der Waals surface area contributed by atoms with Crippen molar-refractivity contribution in [3.63, 3.8) is 0 Å². The average molecular weight is 288 g/mol. The summed E-state index contributed by atoms with van der Waals surface area (Å²) in [6.45, 7) is 2.13. The zero-order chi connectivity index (χ0) is 14.1. The molecule has 1 atom stereocenters. The van der Waals surface area contributed by atoms with E-state index in [9.17, 15) is 4.39 Å². The number of nitrogens with zero attached hydrogens (tertiary/aromatic N) is 1. The van der Waals surface area contributed by atoms with E-state index in [-0.39, 0.29) is 11.9 Å². The maximum absolute atomic E-state index is 13.1. The van der Waals surface area contributed by atoms with Crippen LogP contribution < -0.4 is 0 Å². The number of halogens is 2. The fraction of sp³-hybridized carbons (Fsp3) is 0.176. The zero-order valence-corrected chi connectivity index (χ0v) is 11.9. The lowest BCUT2D eigenvalue weighted by atomic mass is 10.0. The zero-order valence-electron chi connectivity index (χ0n) is 11.2. The summed E-state index contributed by atoms with van der Waals surface area (Å²) in [4.78, 5) is 0. The first-order valence-corrected chi connectivity index (χ1v) is 7.09. The number of hydrogen-bond donors (Lipinski definition) is 0. The molecule has 20 heavy (non-hydrogen) atoms. The third kappa shape index (κ3) is 2.20. The van der Waals surface area contributed by atoms with Gasteiger partial charge in [0.25, 0.3) is 0 Å². The van der Waals surface area contributed by atoms with Gasteiger partial charge in [-0.25, -0.2) is 4.39 Å². The molecule has 0 aliphatic rings. The quantitative estimate of drug-likeness (QED) is 0.605. The second kappa shape index (κ2) is 5.29. The third-order valence-corrected chi connectivity index (χ3v) is 4.02. The van der Waals surface area contributed by atoms with Gasteiger partial charge in [0.15, 0.2) is 0 Å². The predicted molar refractivity (Wildman–Crippen MR) is 81.8 cm³/mol. The highest BCUT2D eigenvalue weighted by Crippen LogP contribution is 2.30. The number of fused-ring (bicyclic) bond motifs is 1. The molecular formula is C17H15ClFN. The highest BCUT2D eigenvalue weighted by atomic mass is 35.5. The molecule has 2 aromatic carbocycles. The van der Waals surface area contributed by atoms with Crippen molar-refractivity contribution < 1.29 is 4.39 Å². The van der Waals surface area contributed by atoms with Crippen LogP contribution in [-0.4, -0.2) is 4.57 Å². The summed E-state index contributed by atoms with van der Waals surface area (Å²) >= 11 is 6.22. The Bertz CT molecular complexity index is 730. The van der Waals surface area contributed by atoms with Crippen molar-refractivity contribution in [2.45, 2.75) is 19.4 Å². The molecule has 0 spiro atoms. The molecule has 102 valence electrons. The van der Waals surface area contributed by atoms with E-state index in [4.69, 9.17) is 11.6 Å². The largest absolute Gasteiger partial charge is 0.340 e. The average Bonchev–Trinajstić information content (AvgIpc) is 2.87. The molecule has 1 heterocycles. The minimum absolute atomic E-state index is 0.187. The number of aromatic nitrogens is 1. The molecule has 0 bridgehead atoms. The van der Waals surface area contributed by atoms with E-state index in [0.29, 0.717) is 0 Å². The molecule has 3 heteroatoms. The normalized spacial score (nSPS) is 12.8. The van der Waals surface area contributed by atoms with Crippen LogP contribution in [0.4, 0.5) is 4.39 Å². The summed E-state index contributed by atoms with van der Waals surface area (Å²) in [6.07, 6.45) is 2.98. The van der Waals surface area contributed by atoms with E-state index >= 15 is 0 Å². The molecule has 0 aliphatic heterocycles. The molecule has 0 fully saturated rings. The Hall–Kier alpha value is -1.80. The van der Waals surface area contributed by atoms with Crippen LogP contribution >= 0.6 is 11.6 Å². The molecule has 1 unspecified atom stereocenters. The summed E-state index contributed by atoms with van der Waals surface area (Å²) in [5.41, 5.74) is 2.21. The highest BCUT2D eigenvalue weighted by molar-refractivity contribution is 6.35. The standard InChI is InChI=1S/C17H15ClFN/c1-2-16(12-6-8-13(19)9-7-12)20-11-10-14-15(18)4-3-5-17(14)20/h3-11,16H,2H2,1H3. The Morgan fingerprint density at radius 2 is 1.85 bits per heavy atom. The topological polar surface area (TPSA) is 4.93 Å².